The van der Waals surface area contributed by atoms with Gasteiger partial charge in [0.15, 0.2) is 0 Å². The standard InChI is InChI=1S/C14H17N3O2/c1-4-8-17-9(2)13(18)16(3)11-7-5-6-10(15)12(11)14(17)19/h4-7,9H,1,8,15H2,2-3H3. The normalized spacial score (nSPS) is 19.2. The summed E-state index contributed by atoms with van der Waals surface area (Å²) >= 11 is 0. The highest BCUT2D eigenvalue weighted by atomic mass is 16.2. The van der Waals surface area contributed by atoms with Crippen molar-refractivity contribution < 1.29 is 9.59 Å². The largest absolute Gasteiger partial charge is 0.398 e. The molecule has 0 aliphatic carbocycles. The van der Waals surface area contributed by atoms with Gasteiger partial charge >= 0.3 is 0 Å². The Morgan fingerprint density at radius 1 is 1.42 bits per heavy atom. The van der Waals surface area contributed by atoms with Gasteiger partial charge in [-0.2, -0.15) is 0 Å². The highest BCUT2D eigenvalue weighted by molar-refractivity contribution is 6.13. The zero-order valence-electron chi connectivity index (χ0n) is 11.1. The number of anilines is 2. The van der Waals surface area contributed by atoms with E-state index in [0.717, 1.165) is 0 Å². The number of fused-ring (bicyclic) bond motifs is 1. The van der Waals surface area contributed by atoms with Gasteiger partial charge in [0.2, 0.25) is 5.91 Å². The molecular weight excluding hydrogens is 242 g/mol. The molecule has 1 atom stereocenters. The smallest absolute Gasteiger partial charge is 0.259 e. The van der Waals surface area contributed by atoms with Crippen LogP contribution in [0.15, 0.2) is 30.9 Å². The number of nitrogens with zero attached hydrogens (tertiary/aromatic N) is 2. The summed E-state index contributed by atoms with van der Waals surface area (Å²) in [4.78, 5) is 27.8. The Morgan fingerprint density at radius 2 is 2.11 bits per heavy atom. The molecule has 1 aromatic rings. The van der Waals surface area contributed by atoms with Crippen LogP contribution in [0, 0.1) is 0 Å². The molecule has 0 fully saturated rings. The van der Waals surface area contributed by atoms with Crippen molar-refractivity contribution in [3.8, 4) is 0 Å². The van der Waals surface area contributed by atoms with Crippen LogP contribution in [0.5, 0.6) is 0 Å². The molecule has 2 amide bonds. The lowest BCUT2D eigenvalue weighted by Gasteiger charge is -2.25. The van der Waals surface area contributed by atoms with Crippen LogP contribution in [0.1, 0.15) is 17.3 Å². The molecule has 0 saturated carbocycles. The van der Waals surface area contributed by atoms with Crippen molar-refractivity contribution >= 4 is 23.2 Å². The number of carbonyl (C=O) groups excluding carboxylic acids is 2. The van der Waals surface area contributed by atoms with Gasteiger partial charge in [-0.15, -0.1) is 6.58 Å². The number of amides is 2. The Bertz CT molecular complexity index is 554. The van der Waals surface area contributed by atoms with Crippen LogP contribution in [0.25, 0.3) is 0 Å². The lowest BCUT2D eigenvalue weighted by atomic mass is 10.1. The number of hydrogen-bond donors (Lipinski definition) is 1. The highest BCUT2D eigenvalue weighted by Gasteiger charge is 2.35. The molecule has 5 nitrogen and oxygen atoms in total. The molecule has 0 saturated heterocycles. The molecule has 1 aliphatic heterocycles. The number of nitrogen functional groups attached to an aromatic ring is 1. The Hall–Kier alpha value is -2.30. The van der Waals surface area contributed by atoms with E-state index < -0.39 is 6.04 Å². The molecule has 1 aromatic carbocycles. The Labute approximate surface area is 112 Å². The molecule has 5 heteroatoms. The first-order chi connectivity index (χ1) is 8.99. The van der Waals surface area contributed by atoms with E-state index in [1.165, 1.54) is 9.80 Å². The fraction of sp³-hybridized carbons (Fsp3) is 0.286. The molecule has 2 N–H and O–H groups in total. The summed E-state index contributed by atoms with van der Waals surface area (Å²) in [6, 6.07) is 4.59. The van der Waals surface area contributed by atoms with Crippen molar-refractivity contribution in [2.45, 2.75) is 13.0 Å². The molecule has 0 radical (unpaired) electrons. The van der Waals surface area contributed by atoms with Crippen molar-refractivity contribution in [3.63, 3.8) is 0 Å². The Morgan fingerprint density at radius 3 is 2.74 bits per heavy atom. The number of rotatable bonds is 2. The van der Waals surface area contributed by atoms with Crippen LogP contribution < -0.4 is 10.6 Å². The van der Waals surface area contributed by atoms with E-state index in [-0.39, 0.29) is 11.8 Å². The summed E-state index contributed by atoms with van der Waals surface area (Å²) in [6.45, 7) is 5.65. The second-order valence-electron chi connectivity index (χ2n) is 4.56. The highest BCUT2D eigenvalue weighted by Crippen LogP contribution is 2.30. The number of nitrogens with two attached hydrogens (primary N) is 1. The van der Waals surface area contributed by atoms with E-state index in [9.17, 15) is 9.59 Å². The van der Waals surface area contributed by atoms with Crippen LogP contribution >= 0.6 is 0 Å². The number of carbonyl (C=O) groups is 2. The number of likely N-dealkylation sites (N-methyl/N-ethyl adjacent to an activating group) is 1. The molecule has 1 aliphatic rings. The van der Waals surface area contributed by atoms with Gasteiger partial charge in [-0.05, 0) is 19.1 Å². The minimum atomic E-state index is -0.540. The predicted octanol–water partition coefficient (Wildman–Crippen LogP) is 1.26. The third-order valence-corrected chi connectivity index (χ3v) is 3.39. The maximum absolute atomic E-state index is 12.6. The van der Waals surface area contributed by atoms with E-state index in [1.54, 1.807) is 38.2 Å². The zero-order chi connectivity index (χ0) is 14.2. The summed E-state index contributed by atoms with van der Waals surface area (Å²) in [5.41, 5.74) is 7.21. The van der Waals surface area contributed by atoms with Gasteiger partial charge in [0, 0.05) is 19.3 Å². The molecular formula is C14H17N3O2. The molecule has 0 spiro atoms. The van der Waals surface area contributed by atoms with Crippen LogP contribution in [0.4, 0.5) is 11.4 Å². The monoisotopic (exact) mass is 259 g/mol. The van der Waals surface area contributed by atoms with E-state index in [4.69, 9.17) is 5.73 Å². The summed E-state index contributed by atoms with van der Waals surface area (Å²) in [6.07, 6.45) is 1.60. The van der Waals surface area contributed by atoms with Gasteiger partial charge in [0.05, 0.1) is 11.3 Å². The predicted molar refractivity (Wildman–Crippen MR) is 75.0 cm³/mol. The molecule has 1 heterocycles. The lowest BCUT2D eigenvalue weighted by Crippen LogP contribution is -2.45. The topological polar surface area (TPSA) is 66.6 Å². The quantitative estimate of drug-likeness (QED) is 0.642. The fourth-order valence-corrected chi connectivity index (χ4v) is 2.30. The SMILES string of the molecule is C=CCN1C(=O)c2c(N)cccc2N(C)C(=O)C1C. The lowest BCUT2D eigenvalue weighted by molar-refractivity contribution is -0.121. The summed E-state index contributed by atoms with van der Waals surface area (Å²) in [5.74, 6) is -0.377. The van der Waals surface area contributed by atoms with Crippen LogP contribution in [0.2, 0.25) is 0 Å². The number of hydrogen-bond acceptors (Lipinski definition) is 3. The van der Waals surface area contributed by atoms with Gasteiger partial charge in [-0.1, -0.05) is 12.1 Å². The Balaban J connectivity index is 2.65. The fourth-order valence-electron chi connectivity index (χ4n) is 2.30. The van der Waals surface area contributed by atoms with Crippen molar-refractivity contribution in [3.05, 3.63) is 36.4 Å². The molecule has 19 heavy (non-hydrogen) atoms. The summed E-state index contributed by atoms with van der Waals surface area (Å²) in [5, 5.41) is 0. The summed E-state index contributed by atoms with van der Waals surface area (Å²) < 4.78 is 0. The first-order valence-electron chi connectivity index (χ1n) is 6.07. The van der Waals surface area contributed by atoms with E-state index >= 15 is 0 Å². The average Bonchev–Trinajstić information content (AvgIpc) is 2.46. The summed E-state index contributed by atoms with van der Waals surface area (Å²) in [7, 11) is 1.65. The molecule has 100 valence electrons. The molecule has 2 rings (SSSR count). The number of benzene rings is 1. The van der Waals surface area contributed by atoms with Crippen molar-refractivity contribution in [1.82, 2.24) is 4.90 Å². The van der Waals surface area contributed by atoms with Gasteiger partial charge in [0.25, 0.3) is 5.91 Å². The minimum Gasteiger partial charge on any atom is -0.398 e. The Kier molecular flexibility index (Phi) is 3.29. The maximum atomic E-state index is 12.6. The third-order valence-electron chi connectivity index (χ3n) is 3.39. The van der Waals surface area contributed by atoms with Gasteiger partial charge in [0.1, 0.15) is 6.04 Å². The third kappa shape index (κ3) is 1.97. The second kappa shape index (κ2) is 4.76. The molecule has 0 bridgehead atoms. The van der Waals surface area contributed by atoms with E-state index in [1.807, 2.05) is 0 Å². The molecule has 0 aromatic heterocycles. The van der Waals surface area contributed by atoms with Crippen molar-refractivity contribution in [2.24, 2.45) is 0 Å². The van der Waals surface area contributed by atoms with Gasteiger partial charge in [-0.3, -0.25) is 9.59 Å². The average molecular weight is 259 g/mol. The first kappa shape index (κ1) is 13.1. The maximum Gasteiger partial charge on any atom is 0.259 e. The second-order valence-corrected chi connectivity index (χ2v) is 4.56. The van der Waals surface area contributed by atoms with E-state index in [2.05, 4.69) is 6.58 Å². The van der Waals surface area contributed by atoms with Crippen LogP contribution in [0.3, 0.4) is 0 Å². The van der Waals surface area contributed by atoms with Crippen LogP contribution in [-0.2, 0) is 4.79 Å². The zero-order valence-corrected chi connectivity index (χ0v) is 11.1. The van der Waals surface area contributed by atoms with E-state index in [0.29, 0.717) is 23.5 Å². The van der Waals surface area contributed by atoms with Crippen LogP contribution in [-0.4, -0.2) is 36.3 Å². The first-order valence-corrected chi connectivity index (χ1v) is 6.07. The van der Waals surface area contributed by atoms with Crippen molar-refractivity contribution in [1.29, 1.82) is 0 Å². The van der Waals surface area contributed by atoms with Gasteiger partial charge in [-0.25, -0.2) is 0 Å². The van der Waals surface area contributed by atoms with Crippen molar-refractivity contribution in [2.75, 3.05) is 24.2 Å². The minimum absolute atomic E-state index is 0.139. The molecule has 1 unspecified atom stereocenters. The van der Waals surface area contributed by atoms with Gasteiger partial charge < -0.3 is 15.5 Å².